The van der Waals surface area contributed by atoms with Crippen LogP contribution < -0.4 is 5.73 Å². The van der Waals surface area contributed by atoms with E-state index in [-0.39, 0.29) is 12.0 Å². The molecule has 1 rings (SSSR count). The average Bonchev–Trinajstić information content (AvgIpc) is 2.77. The van der Waals surface area contributed by atoms with Gasteiger partial charge in [0.1, 0.15) is 24.4 Å². The van der Waals surface area contributed by atoms with Crippen molar-refractivity contribution in [2.24, 2.45) is 11.1 Å². The fourth-order valence-corrected chi connectivity index (χ4v) is 4.01. The molecule has 8 nitrogen and oxygen atoms in total. The van der Waals surface area contributed by atoms with Crippen LogP contribution in [-0.2, 0) is 9.47 Å². The van der Waals surface area contributed by atoms with Crippen molar-refractivity contribution in [1.82, 2.24) is 0 Å². The summed E-state index contributed by atoms with van der Waals surface area (Å²) in [6.07, 6.45) is 8.76. The minimum atomic E-state index is -1.51. The van der Waals surface area contributed by atoms with Crippen molar-refractivity contribution in [3.05, 3.63) is 36.0 Å². The first-order valence-electron chi connectivity index (χ1n) is 12.3. The van der Waals surface area contributed by atoms with Gasteiger partial charge in [-0.15, -0.1) is 0 Å². The maximum absolute atomic E-state index is 10.2. The van der Waals surface area contributed by atoms with Crippen molar-refractivity contribution in [2.75, 3.05) is 13.2 Å². The Morgan fingerprint density at radius 3 is 2.29 bits per heavy atom. The fraction of sp³-hybridized carbons (Fsp3) is 0.769. The highest BCUT2D eigenvalue weighted by Gasteiger charge is 2.44. The maximum Gasteiger partial charge on any atom is 0.186 e. The molecule has 1 fully saturated rings. The topological polar surface area (TPSA) is 146 Å². The Hall–Kier alpha value is -1.10. The van der Waals surface area contributed by atoms with Gasteiger partial charge in [0.05, 0.1) is 25.4 Å². The predicted molar refractivity (Wildman–Crippen MR) is 133 cm³/mol. The Kier molecular flexibility index (Phi) is 14.4. The number of nitrogens with two attached hydrogens (primary N) is 1. The smallest absolute Gasteiger partial charge is 0.186 e. The number of allylic oxidation sites excluding steroid dienone is 5. The van der Waals surface area contributed by atoms with Crippen LogP contribution in [0.3, 0.4) is 0 Å². The summed E-state index contributed by atoms with van der Waals surface area (Å²) in [5.74, 6) is 0. The zero-order chi connectivity index (χ0) is 25.7. The van der Waals surface area contributed by atoms with Crippen molar-refractivity contribution in [3.63, 3.8) is 0 Å². The highest BCUT2D eigenvalue weighted by molar-refractivity contribution is 5.02. The normalized spacial score (nSPS) is 27.9. The summed E-state index contributed by atoms with van der Waals surface area (Å²) in [6.45, 7) is 8.17. The van der Waals surface area contributed by atoms with E-state index >= 15 is 0 Å². The molecule has 1 aliphatic heterocycles. The molecule has 8 heteroatoms. The quantitative estimate of drug-likeness (QED) is 0.152. The van der Waals surface area contributed by atoms with E-state index in [4.69, 9.17) is 15.2 Å². The summed E-state index contributed by atoms with van der Waals surface area (Å²) in [6, 6.07) is -0.769. The minimum absolute atomic E-state index is 0.140. The summed E-state index contributed by atoms with van der Waals surface area (Å²) in [7, 11) is 0. The third-order valence-corrected chi connectivity index (χ3v) is 5.86. The summed E-state index contributed by atoms with van der Waals surface area (Å²) in [5.41, 5.74) is 7.56. The average molecular weight is 486 g/mol. The lowest BCUT2D eigenvalue weighted by atomic mass is 9.85. The summed E-state index contributed by atoms with van der Waals surface area (Å²) in [4.78, 5) is 0. The molecule has 2 unspecified atom stereocenters. The monoisotopic (exact) mass is 485 g/mol. The van der Waals surface area contributed by atoms with Crippen molar-refractivity contribution in [1.29, 1.82) is 0 Å². The van der Waals surface area contributed by atoms with E-state index in [2.05, 4.69) is 45.9 Å². The lowest BCUT2D eigenvalue weighted by Crippen LogP contribution is -2.59. The van der Waals surface area contributed by atoms with Crippen molar-refractivity contribution < 1.29 is 35.0 Å². The van der Waals surface area contributed by atoms with Crippen LogP contribution in [0, 0.1) is 5.41 Å². The second-order valence-electron chi connectivity index (χ2n) is 10.1. The molecule has 0 bridgehead atoms. The van der Waals surface area contributed by atoms with E-state index in [1.807, 2.05) is 6.08 Å². The lowest BCUT2D eigenvalue weighted by Gasteiger charge is -2.39. The molecule has 1 saturated heterocycles. The van der Waals surface area contributed by atoms with Gasteiger partial charge in [-0.25, -0.2) is 0 Å². The number of ether oxygens (including phenoxy) is 2. The van der Waals surface area contributed by atoms with Crippen molar-refractivity contribution in [3.8, 4) is 0 Å². The molecule has 34 heavy (non-hydrogen) atoms. The van der Waals surface area contributed by atoms with Gasteiger partial charge in [-0.1, -0.05) is 56.2 Å². The van der Waals surface area contributed by atoms with Crippen LogP contribution in [0.1, 0.15) is 66.2 Å². The molecule has 0 aromatic rings. The molecule has 0 radical (unpaired) electrons. The number of rotatable bonds is 15. The largest absolute Gasteiger partial charge is 0.394 e. The number of hydrogen-bond donors (Lipinski definition) is 6. The Bertz CT molecular complexity index is 643. The van der Waals surface area contributed by atoms with Crippen LogP contribution in [0.25, 0.3) is 0 Å². The molecule has 0 saturated carbocycles. The van der Waals surface area contributed by atoms with Crippen LogP contribution in [0.15, 0.2) is 36.0 Å². The van der Waals surface area contributed by atoms with Crippen LogP contribution in [0.5, 0.6) is 0 Å². The Morgan fingerprint density at radius 1 is 1.00 bits per heavy atom. The fourth-order valence-electron chi connectivity index (χ4n) is 4.01. The zero-order valence-corrected chi connectivity index (χ0v) is 21.2. The molecule has 0 aromatic carbocycles. The van der Waals surface area contributed by atoms with E-state index in [0.29, 0.717) is 0 Å². The van der Waals surface area contributed by atoms with Gasteiger partial charge in [0.2, 0.25) is 0 Å². The first-order valence-corrected chi connectivity index (χ1v) is 12.3. The van der Waals surface area contributed by atoms with E-state index in [0.717, 1.165) is 19.3 Å². The molecular weight excluding hydrogens is 438 g/mol. The van der Waals surface area contributed by atoms with Crippen molar-refractivity contribution in [2.45, 2.75) is 109 Å². The molecule has 1 heterocycles. The van der Waals surface area contributed by atoms with Gasteiger partial charge in [0, 0.05) is 0 Å². The van der Waals surface area contributed by atoms with Gasteiger partial charge in [-0.2, -0.15) is 0 Å². The first-order chi connectivity index (χ1) is 16.0. The minimum Gasteiger partial charge on any atom is -0.394 e. The van der Waals surface area contributed by atoms with E-state index in [1.54, 1.807) is 6.08 Å². The third-order valence-electron chi connectivity index (χ3n) is 5.86. The van der Waals surface area contributed by atoms with Crippen LogP contribution >= 0.6 is 0 Å². The molecule has 7 atom stereocenters. The van der Waals surface area contributed by atoms with E-state index in [9.17, 15) is 25.5 Å². The number of unbranched alkanes of at least 4 members (excludes halogenated alkanes) is 3. The second kappa shape index (κ2) is 15.8. The number of hydrogen-bond acceptors (Lipinski definition) is 8. The zero-order valence-electron chi connectivity index (χ0n) is 21.2. The van der Waals surface area contributed by atoms with Gasteiger partial charge < -0.3 is 40.7 Å². The highest BCUT2D eigenvalue weighted by atomic mass is 16.7. The first kappa shape index (κ1) is 30.9. The molecule has 1 aliphatic rings. The molecule has 0 aromatic heterocycles. The Labute approximate surface area is 204 Å². The molecular formula is C26H47NO7. The summed E-state index contributed by atoms with van der Waals surface area (Å²) >= 11 is 0. The van der Waals surface area contributed by atoms with Gasteiger partial charge in [-0.05, 0) is 51.4 Å². The van der Waals surface area contributed by atoms with Gasteiger partial charge in [0.15, 0.2) is 6.29 Å². The van der Waals surface area contributed by atoms with Crippen LogP contribution in [0.4, 0.5) is 0 Å². The molecule has 198 valence electrons. The predicted octanol–water partition coefficient (Wildman–Crippen LogP) is 1.94. The number of aliphatic hydroxyl groups excluding tert-OH is 5. The Balaban J connectivity index is 2.22. The second-order valence-corrected chi connectivity index (χ2v) is 10.1. The van der Waals surface area contributed by atoms with Gasteiger partial charge in [0.25, 0.3) is 0 Å². The summed E-state index contributed by atoms with van der Waals surface area (Å²) < 4.78 is 10.6. The van der Waals surface area contributed by atoms with E-state index in [1.165, 1.54) is 24.8 Å². The van der Waals surface area contributed by atoms with Gasteiger partial charge in [-0.3, -0.25) is 0 Å². The molecule has 0 aliphatic carbocycles. The Morgan fingerprint density at radius 2 is 1.65 bits per heavy atom. The maximum atomic E-state index is 10.2. The van der Waals surface area contributed by atoms with Gasteiger partial charge >= 0.3 is 0 Å². The highest BCUT2D eigenvalue weighted by Crippen LogP contribution is 2.27. The van der Waals surface area contributed by atoms with Crippen LogP contribution in [-0.4, -0.2) is 81.6 Å². The van der Waals surface area contributed by atoms with Crippen LogP contribution in [0.2, 0.25) is 0 Å². The molecule has 7 N–H and O–H groups in total. The number of aliphatic hydroxyl groups is 5. The SMILES string of the molecule is CC(C)=CC(C)(C)CCCC/C=C/CC/C=C/[C@@H](O)[C@@H](N)CO[C@@H]1OC(CO)[C@@H](O)[C@H](O)C1O. The standard InChI is InChI=1S/C26H47NO7/c1-18(2)15-26(3,4)14-12-10-8-6-5-7-9-11-13-20(29)19(27)17-33-25-24(32)23(31)22(30)21(16-28)34-25/h5-6,11,13,15,19-25,28-32H,7-10,12,14,16-17,27H2,1-4H3/b6-5+,13-11+/t19-,20+,21?,22+,23-,24?,25+/m0/s1. The molecule has 0 amide bonds. The summed E-state index contributed by atoms with van der Waals surface area (Å²) in [5, 5.41) is 48.9. The third kappa shape index (κ3) is 11.6. The lowest BCUT2D eigenvalue weighted by molar-refractivity contribution is -0.302. The van der Waals surface area contributed by atoms with Crippen molar-refractivity contribution >= 4 is 0 Å². The molecule has 0 spiro atoms. The van der Waals surface area contributed by atoms with E-state index < -0.39 is 49.5 Å².